The molecule has 0 unspecified atom stereocenters. The van der Waals surface area contributed by atoms with Crippen molar-refractivity contribution in [3.05, 3.63) is 24.0 Å². The van der Waals surface area contributed by atoms with Gasteiger partial charge in [-0.3, -0.25) is 15.6 Å². The highest BCUT2D eigenvalue weighted by atomic mass is 16.1. The number of anilines is 1. The Morgan fingerprint density at radius 1 is 1.42 bits per heavy atom. The van der Waals surface area contributed by atoms with Gasteiger partial charge < -0.3 is 15.6 Å². The van der Waals surface area contributed by atoms with E-state index in [0.717, 1.165) is 26.1 Å². The van der Waals surface area contributed by atoms with Crippen LogP contribution in [0.4, 0.5) is 5.69 Å². The molecule has 0 aromatic carbocycles. The number of hydrazine groups is 1. The highest BCUT2D eigenvalue weighted by molar-refractivity contribution is 5.99. The standard InChI is InChI=1S/C13H23N5O/c1-3-8-18(4-2)9-7-16-13(19)11-5-6-15-10-12(11)17-14/h5-6,10,17H,3-4,7-9,14H2,1-2H3,(H,16,19). The van der Waals surface area contributed by atoms with Crippen LogP contribution in [0, 0.1) is 0 Å². The van der Waals surface area contributed by atoms with Gasteiger partial charge in [-0.1, -0.05) is 13.8 Å². The zero-order valence-electron chi connectivity index (χ0n) is 11.6. The molecule has 106 valence electrons. The first-order chi connectivity index (χ1) is 9.22. The minimum Gasteiger partial charge on any atom is -0.351 e. The number of hydrogen-bond acceptors (Lipinski definition) is 5. The van der Waals surface area contributed by atoms with Crippen molar-refractivity contribution in [3.8, 4) is 0 Å². The SMILES string of the molecule is CCCN(CC)CCNC(=O)c1ccncc1NN. The van der Waals surface area contributed by atoms with Crippen LogP contribution >= 0.6 is 0 Å². The molecule has 0 saturated heterocycles. The summed E-state index contributed by atoms with van der Waals surface area (Å²) in [7, 11) is 0. The van der Waals surface area contributed by atoms with Gasteiger partial charge in [0.1, 0.15) is 0 Å². The molecule has 0 aliphatic carbocycles. The van der Waals surface area contributed by atoms with Crippen LogP contribution in [-0.4, -0.2) is 42.0 Å². The second-order valence-electron chi connectivity index (χ2n) is 4.26. The van der Waals surface area contributed by atoms with Crippen LogP contribution in [0.25, 0.3) is 0 Å². The fraction of sp³-hybridized carbons (Fsp3) is 0.538. The third-order valence-corrected chi connectivity index (χ3v) is 2.92. The van der Waals surface area contributed by atoms with Crippen LogP contribution in [0.1, 0.15) is 30.6 Å². The average molecular weight is 265 g/mol. The van der Waals surface area contributed by atoms with Gasteiger partial charge in [-0.15, -0.1) is 0 Å². The van der Waals surface area contributed by atoms with Gasteiger partial charge in [-0.25, -0.2) is 0 Å². The molecule has 6 heteroatoms. The van der Waals surface area contributed by atoms with E-state index in [1.54, 1.807) is 12.3 Å². The number of hydrogen-bond donors (Lipinski definition) is 3. The number of rotatable bonds is 8. The van der Waals surface area contributed by atoms with Crippen molar-refractivity contribution in [2.24, 2.45) is 5.84 Å². The topological polar surface area (TPSA) is 83.3 Å². The van der Waals surface area contributed by atoms with Crippen LogP contribution in [0.2, 0.25) is 0 Å². The van der Waals surface area contributed by atoms with E-state index in [0.29, 0.717) is 17.8 Å². The number of nitrogens with one attached hydrogen (secondary N) is 2. The quantitative estimate of drug-likeness (QED) is 0.479. The van der Waals surface area contributed by atoms with Crippen LogP contribution in [0.3, 0.4) is 0 Å². The summed E-state index contributed by atoms with van der Waals surface area (Å²) in [5.74, 6) is 5.21. The largest absolute Gasteiger partial charge is 0.351 e. The van der Waals surface area contributed by atoms with Crippen molar-refractivity contribution in [1.29, 1.82) is 0 Å². The normalized spacial score (nSPS) is 10.5. The van der Waals surface area contributed by atoms with Gasteiger partial charge in [0.25, 0.3) is 5.91 Å². The highest BCUT2D eigenvalue weighted by Crippen LogP contribution is 2.10. The molecule has 0 radical (unpaired) electrons. The number of nitrogens with zero attached hydrogens (tertiary/aromatic N) is 2. The summed E-state index contributed by atoms with van der Waals surface area (Å²) >= 11 is 0. The Morgan fingerprint density at radius 3 is 2.84 bits per heavy atom. The number of amides is 1. The van der Waals surface area contributed by atoms with E-state index in [4.69, 9.17) is 5.84 Å². The Bertz CT molecular complexity index is 396. The number of aromatic nitrogens is 1. The van der Waals surface area contributed by atoms with Gasteiger partial charge in [-0.05, 0) is 25.6 Å². The summed E-state index contributed by atoms with van der Waals surface area (Å²) in [6.07, 6.45) is 4.23. The summed E-state index contributed by atoms with van der Waals surface area (Å²) in [5, 5.41) is 2.89. The Morgan fingerprint density at radius 2 is 2.21 bits per heavy atom. The molecule has 0 fully saturated rings. The van der Waals surface area contributed by atoms with Gasteiger partial charge in [0.15, 0.2) is 0 Å². The monoisotopic (exact) mass is 265 g/mol. The van der Waals surface area contributed by atoms with E-state index >= 15 is 0 Å². The number of carbonyl (C=O) groups is 1. The van der Waals surface area contributed by atoms with Gasteiger partial charge >= 0.3 is 0 Å². The maximum Gasteiger partial charge on any atom is 0.253 e. The molecule has 19 heavy (non-hydrogen) atoms. The second kappa shape index (κ2) is 8.44. The molecule has 0 aliphatic heterocycles. The van der Waals surface area contributed by atoms with E-state index in [1.807, 2.05) is 0 Å². The molecule has 1 heterocycles. The molecule has 0 saturated carbocycles. The first kappa shape index (κ1) is 15.4. The van der Waals surface area contributed by atoms with Crippen LogP contribution in [0.5, 0.6) is 0 Å². The third kappa shape index (κ3) is 4.84. The van der Waals surface area contributed by atoms with Gasteiger partial charge in [-0.2, -0.15) is 0 Å². The number of nitrogens with two attached hydrogens (primary N) is 1. The first-order valence-electron chi connectivity index (χ1n) is 6.64. The summed E-state index contributed by atoms with van der Waals surface area (Å²) < 4.78 is 0. The molecule has 1 aromatic heterocycles. The van der Waals surface area contributed by atoms with Gasteiger partial charge in [0, 0.05) is 19.3 Å². The summed E-state index contributed by atoms with van der Waals surface area (Å²) in [5.41, 5.74) is 3.51. The molecular formula is C13H23N5O. The molecule has 1 rings (SSSR count). The average Bonchev–Trinajstić information content (AvgIpc) is 2.46. The molecule has 0 bridgehead atoms. The number of nitrogen functional groups attached to an aromatic ring is 1. The summed E-state index contributed by atoms with van der Waals surface area (Å²) in [4.78, 5) is 18.2. The summed E-state index contributed by atoms with van der Waals surface area (Å²) in [6, 6.07) is 1.65. The van der Waals surface area contributed by atoms with Crippen molar-refractivity contribution >= 4 is 11.6 Å². The van der Waals surface area contributed by atoms with Crippen molar-refractivity contribution in [3.63, 3.8) is 0 Å². The lowest BCUT2D eigenvalue weighted by Gasteiger charge is -2.19. The van der Waals surface area contributed by atoms with E-state index in [9.17, 15) is 4.79 Å². The van der Waals surface area contributed by atoms with E-state index in [-0.39, 0.29) is 5.91 Å². The third-order valence-electron chi connectivity index (χ3n) is 2.92. The first-order valence-corrected chi connectivity index (χ1v) is 6.64. The zero-order chi connectivity index (χ0) is 14.1. The van der Waals surface area contributed by atoms with Crippen LogP contribution < -0.4 is 16.6 Å². The molecule has 4 N–H and O–H groups in total. The molecule has 1 aromatic rings. The van der Waals surface area contributed by atoms with E-state index in [1.165, 1.54) is 6.20 Å². The number of pyridine rings is 1. The predicted molar refractivity (Wildman–Crippen MR) is 76.8 cm³/mol. The molecular weight excluding hydrogens is 242 g/mol. The van der Waals surface area contributed by atoms with Crippen molar-refractivity contribution in [1.82, 2.24) is 15.2 Å². The van der Waals surface area contributed by atoms with Crippen molar-refractivity contribution in [2.45, 2.75) is 20.3 Å². The fourth-order valence-electron chi connectivity index (χ4n) is 1.87. The van der Waals surface area contributed by atoms with E-state index < -0.39 is 0 Å². The van der Waals surface area contributed by atoms with Gasteiger partial charge in [0.05, 0.1) is 17.4 Å². The van der Waals surface area contributed by atoms with Crippen molar-refractivity contribution < 1.29 is 4.79 Å². The Hall–Kier alpha value is -1.66. The Balaban J connectivity index is 2.47. The minimum absolute atomic E-state index is 0.136. The fourth-order valence-corrected chi connectivity index (χ4v) is 1.87. The lowest BCUT2D eigenvalue weighted by atomic mass is 10.2. The maximum absolute atomic E-state index is 12.0. The lowest BCUT2D eigenvalue weighted by molar-refractivity contribution is 0.0949. The lowest BCUT2D eigenvalue weighted by Crippen LogP contribution is -2.35. The van der Waals surface area contributed by atoms with Crippen LogP contribution in [0.15, 0.2) is 18.5 Å². The van der Waals surface area contributed by atoms with Gasteiger partial charge in [0.2, 0.25) is 0 Å². The Labute approximate surface area is 114 Å². The summed E-state index contributed by atoms with van der Waals surface area (Å²) in [6.45, 7) is 7.80. The predicted octanol–water partition coefficient (Wildman–Crippen LogP) is 0.829. The second-order valence-corrected chi connectivity index (χ2v) is 4.26. The molecule has 6 nitrogen and oxygen atoms in total. The smallest absolute Gasteiger partial charge is 0.253 e. The van der Waals surface area contributed by atoms with Crippen LogP contribution in [-0.2, 0) is 0 Å². The molecule has 1 amide bonds. The van der Waals surface area contributed by atoms with Crippen molar-refractivity contribution in [2.75, 3.05) is 31.6 Å². The number of likely N-dealkylation sites (N-methyl/N-ethyl adjacent to an activating group) is 1. The Kier molecular flexibility index (Phi) is 6.84. The molecule has 0 atom stereocenters. The molecule has 0 spiro atoms. The molecule has 0 aliphatic rings. The minimum atomic E-state index is -0.136. The zero-order valence-corrected chi connectivity index (χ0v) is 11.6. The maximum atomic E-state index is 12.0. The number of carbonyl (C=O) groups excluding carboxylic acids is 1. The van der Waals surface area contributed by atoms with E-state index in [2.05, 4.69) is 34.5 Å². The highest BCUT2D eigenvalue weighted by Gasteiger charge is 2.10.